The Morgan fingerprint density at radius 1 is 1.20 bits per heavy atom. The maximum absolute atomic E-state index is 12.7. The largest absolute Gasteiger partial charge is 0.312 e. The quantitative estimate of drug-likeness (QED) is 0.884. The molecule has 0 bridgehead atoms. The fourth-order valence-corrected chi connectivity index (χ4v) is 4.32. The molecule has 0 atom stereocenters. The van der Waals surface area contributed by atoms with Crippen molar-refractivity contribution in [2.75, 3.05) is 16.2 Å². The zero-order valence-electron chi connectivity index (χ0n) is 14.0. The van der Waals surface area contributed by atoms with Gasteiger partial charge in [-0.25, -0.2) is 8.42 Å². The van der Waals surface area contributed by atoms with E-state index in [1.807, 2.05) is 6.92 Å². The Hall–Kier alpha value is -2.05. The molecule has 2 aromatic rings. The average molecular weight is 379 g/mol. The molecule has 0 aliphatic carbocycles. The molecule has 7 heteroatoms. The van der Waals surface area contributed by atoms with Gasteiger partial charge in [0.2, 0.25) is 5.91 Å². The highest BCUT2D eigenvalue weighted by atomic mass is 35.5. The number of nitrogens with one attached hydrogen (secondary N) is 1. The summed E-state index contributed by atoms with van der Waals surface area (Å²) in [7, 11) is -3.74. The molecule has 0 saturated carbocycles. The van der Waals surface area contributed by atoms with Crippen LogP contribution in [0.3, 0.4) is 0 Å². The van der Waals surface area contributed by atoms with Crippen LogP contribution >= 0.6 is 11.6 Å². The Bertz CT molecular complexity index is 941. The molecule has 0 unspecified atom stereocenters. The molecule has 1 aliphatic rings. The number of halogens is 1. The summed E-state index contributed by atoms with van der Waals surface area (Å²) in [6.45, 7) is 3.99. The van der Waals surface area contributed by atoms with Gasteiger partial charge in [-0.1, -0.05) is 17.7 Å². The number of nitrogens with zero attached hydrogens (tertiary/aromatic N) is 1. The second kappa shape index (κ2) is 6.69. The number of benzene rings is 2. The van der Waals surface area contributed by atoms with E-state index in [2.05, 4.69) is 4.72 Å². The molecule has 0 fully saturated rings. The molecular formula is C18H19ClN2O3S. The Morgan fingerprint density at radius 2 is 1.96 bits per heavy atom. The van der Waals surface area contributed by atoms with E-state index >= 15 is 0 Å². The van der Waals surface area contributed by atoms with E-state index in [-0.39, 0.29) is 10.8 Å². The Labute approximate surface area is 152 Å². The lowest BCUT2D eigenvalue weighted by Gasteiger charge is -2.28. The maximum Gasteiger partial charge on any atom is 0.261 e. The number of aryl methyl sites for hydroxylation is 2. The summed E-state index contributed by atoms with van der Waals surface area (Å²) < 4.78 is 28.1. The van der Waals surface area contributed by atoms with E-state index in [9.17, 15) is 13.2 Å². The van der Waals surface area contributed by atoms with Crippen LogP contribution in [0.4, 0.5) is 11.4 Å². The first-order valence-corrected chi connectivity index (χ1v) is 9.84. The van der Waals surface area contributed by atoms with E-state index in [0.717, 1.165) is 29.7 Å². The van der Waals surface area contributed by atoms with Crippen molar-refractivity contribution in [2.24, 2.45) is 0 Å². The highest BCUT2D eigenvalue weighted by molar-refractivity contribution is 7.92. The Morgan fingerprint density at radius 3 is 2.68 bits per heavy atom. The lowest BCUT2D eigenvalue weighted by Crippen LogP contribution is -2.33. The molecular weight excluding hydrogens is 360 g/mol. The summed E-state index contributed by atoms with van der Waals surface area (Å²) in [4.78, 5) is 13.6. The van der Waals surface area contributed by atoms with Crippen LogP contribution in [0, 0.1) is 6.92 Å². The summed E-state index contributed by atoms with van der Waals surface area (Å²) in [5, 5.41) is 0.464. The smallest absolute Gasteiger partial charge is 0.261 e. The molecule has 1 amide bonds. The third kappa shape index (κ3) is 3.65. The summed E-state index contributed by atoms with van der Waals surface area (Å²) >= 11 is 5.96. The molecule has 0 saturated heterocycles. The van der Waals surface area contributed by atoms with E-state index < -0.39 is 10.0 Å². The topological polar surface area (TPSA) is 66.5 Å². The lowest BCUT2D eigenvalue weighted by molar-refractivity contribution is -0.116. The first-order valence-electron chi connectivity index (χ1n) is 7.98. The number of hydrogen-bond donors (Lipinski definition) is 1. The van der Waals surface area contributed by atoms with E-state index in [4.69, 9.17) is 11.6 Å². The molecule has 1 heterocycles. The van der Waals surface area contributed by atoms with Gasteiger partial charge in [0.25, 0.3) is 10.0 Å². The molecule has 0 radical (unpaired) electrons. The zero-order chi connectivity index (χ0) is 18.2. The van der Waals surface area contributed by atoms with Crippen molar-refractivity contribution >= 4 is 38.9 Å². The summed E-state index contributed by atoms with van der Waals surface area (Å²) in [6.07, 6.45) is 1.57. The van der Waals surface area contributed by atoms with Gasteiger partial charge in [0.1, 0.15) is 0 Å². The molecule has 1 aliphatic heterocycles. The summed E-state index contributed by atoms with van der Waals surface area (Å²) in [5.41, 5.74) is 2.90. The van der Waals surface area contributed by atoms with Gasteiger partial charge in [-0.05, 0) is 61.2 Å². The van der Waals surface area contributed by atoms with Crippen molar-refractivity contribution in [3.05, 3.63) is 52.5 Å². The average Bonchev–Trinajstić information content (AvgIpc) is 2.56. The van der Waals surface area contributed by atoms with Crippen molar-refractivity contribution in [2.45, 2.75) is 31.6 Å². The van der Waals surface area contributed by atoms with Gasteiger partial charge < -0.3 is 4.90 Å². The third-order valence-corrected chi connectivity index (χ3v) is 5.90. The number of amides is 1. The maximum atomic E-state index is 12.7. The standard InChI is InChI=1S/C18H19ClN2O3S/c1-12-5-6-15(19)11-17(12)20-25(23,24)16-7-8-18-14(10-16)4-3-9-21(18)13(2)22/h5-8,10-11,20H,3-4,9H2,1-2H3. The first-order chi connectivity index (χ1) is 11.8. The van der Waals surface area contributed by atoms with Gasteiger partial charge >= 0.3 is 0 Å². The van der Waals surface area contributed by atoms with Crippen LogP contribution < -0.4 is 9.62 Å². The number of carbonyl (C=O) groups is 1. The molecule has 5 nitrogen and oxygen atoms in total. The number of rotatable bonds is 3. The van der Waals surface area contributed by atoms with Gasteiger partial charge in [-0.2, -0.15) is 0 Å². The summed E-state index contributed by atoms with van der Waals surface area (Å²) in [5.74, 6) is -0.0377. The van der Waals surface area contributed by atoms with Crippen LogP contribution in [0.15, 0.2) is 41.3 Å². The van der Waals surface area contributed by atoms with Crippen molar-refractivity contribution in [1.29, 1.82) is 0 Å². The van der Waals surface area contributed by atoms with Crippen LogP contribution in [-0.4, -0.2) is 20.9 Å². The van der Waals surface area contributed by atoms with Gasteiger partial charge in [-0.15, -0.1) is 0 Å². The lowest BCUT2D eigenvalue weighted by atomic mass is 10.0. The fourth-order valence-electron chi connectivity index (χ4n) is 2.98. The molecule has 2 aromatic carbocycles. The van der Waals surface area contributed by atoms with E-state index in [0.29, 0.717) is 17.3 Å². The second-order valence-corrected chi connectivity index (χ2v) is 8.25. The first kappa shape index (κ1) is 17.8. The van der Waals surface area contributed by atoms with Crippen LogP contribution in [0.1, 0.15) is 24.5 Å². The Balaban J connectivity index is 1.96. The van der Waals surface area contributed by atoms with Crippen LogP contribution in [-0.2, 0) is 21.2 Å². The highest BCUT2D eigenvalue weighted by Gasteiger charge is 2.23. The highest BCUT2D eigenvalue weighted by Crippen LogP contribution is 2.30. The molecule has 1 N–H and O–H groups in total. The SMILES string of the molecule is CC(=O)N1CCCc2cc(S(=O)(=O)Nc3cc(Cl)ccc3C)ccc21. The number of hydrogen-bond acceptors (Lipinski definition) is 3. The second-order valence-electron chi connectivity index (χ2n) is 6.13. The van der Waals surface area contributed by atoms with Crippen molar-refractivity contribution in [3.63, 3.8) is 0 Å². The summed E-state index contributed by atoms with van der Waals surface area (Å²) in [6, 6.07) is 9.94. The minimum atomic E-state index is -3.74. The molecule has 25 heavy (non-hydrogen) atoms. The van der Waals surface area contributed by atoms with Gasteiger partial charge in [0, 0.05) is 24.2 Å². The number of sulfonamides is 1. The van der Waals surface area contributed by atoms with Crippen LogP contribution in [0.2, 0.25) is 5.02 Å². The van der Waals surface area contributed by atoms with Crippen molar-refractivity contribution < 1.29 is 13.2 Å². The normalized spacial score (nSPS) is 14.1. The Kier molecular flexibility index (Phi) is 4.75. The van der Waals surface area contributed by atoms with E-state index in [1.165, 1.54) is 13.0 Å². The number of anilines is 2. The number of carbonyl (C=O) groups excluding carboxylic acids is 1. The van der Waals surface area contributed by atoms with Crippen LogP contribution in [0.5, 0.6) is 0 Å². The van der Waals surface area contributed by atoms with E-state index in [1.54, 1.807) is 35.2 Å². The zero-order valence-corrected chi connectivity index (χ0v) is 15.6. The van der Waals surface area contributed by atoms with Crippen molar-refractivity contribution in [1.82, 2.24) is 0 Å². The molecule has 3 rings (SSSR count). The van der Waals surface area contributed by atoms with Gasteiger partial charge in [0.15, 0.2) is 0 Å². The van der Waals surface area contributed by atoms with Crippen molar-refractivity contribution in [3.8, 4) is 0 Å². The predicted molar refractivity (Wildman–Crippen MR) is 99.8 cm³/mol. The predicted octanol–water partition coefficient (Wildman–Crippen LogP) is 3.75. The van der Waals surface area contributed by atoms with Crippen LogP contribution in [0.25, 0.3) is 0 Å². The molecule has 0 spiro atoms. The van der Waals surface area contributed by atoms with Gasteiger partial charge in [-0.3, -0.25) is 9.52 Å². The number of fused-ring (bicyclic) bond motifs is 1. The third-order valence-electron chi connectivity index (χ3n) is 4.30. The minimum Gasteiger partial charge on any atom is -0.312 e. The monoisotopic (exact) mass is 378 g/mol. The molecule has 132 valence electrons. The molecule has 0 aromatic heterocycles. The van der Waals surface area contributed by atoms with Gasteiger partial charge in [0.05, 0.1) is 10.6 Å². The minimum absolute atomic E-state index is 0.0377. The fraction of sp³-hybridized carbons (Fsp3) is 0.278.